The van der Waals surface area contributed by atoms with Gasteiger partial charge in [0.2, 0.25) is 0 Å². The maximum absolute atomic E-state index is 13.0. The normalized spacial score (nSPS) is 22.5. The van der Waals surface area contributed by atoms with Crippen LogP contribution in [0.1, 0.15) is 50.6 Å². The largest absolute Gasteiger partial charge is 0.300 e. The molecule has 0 radical (unpaired) electrons. The smallest absolute Gasteiger partial charge is 0.141 e. The molecule has 2 fully saturated rings. The number of piperidine rings is 1. The molecule has 3 heterocycles. The van der Waals surface area contributed by atoms with Crippen LogP contribution in [0.5, 0.6) is 0 Å². The van der Waals surface area contributed by atoms with Gasteiger partial charge in [-0.3, -0.25) is 19.7 Å². The van der Waals surface area contributed by atoms with E-state index in [4.69, 9.17) is 0 Å². The van der Waals surface area contributed by atoms with E-state index in [1.165, 1.54) is 45.2 Å². The average Bonchev–Trinajstić information content (AvgIpc) is 2.85. The zero-order valence-electron chi connectivity index (χ0n) is 18.0. The van der Waals surface area contributed by atoms with Gasteiger partial charge < -0.3 is 4.90 Å². The number of pyridine rings is 1. The summed E-state index contributed by atoms with van der Waals surface area (Å²) < 4.78 is 0. The van der Waals surface area contributed by atoms with E-state index in [1.807, 2.05) is 12.3 Å². The second-order valence-corrected chi connectivity index (χ2v) is 9.07. The van der Waals surface area contributed by atoms with E-state index < -0.39 is 0 Å². The van der Waals surface area contributed by atoms with Crippen molar-refractivity contribution in [2.75, 3.05) is 13.1 Å². The van der Waals surface area contributed by atoms with Crippen molar-refractivity contribution in [3.8, 4) is 11.3 Å². The SMILES string of the molecule is O=C(Cc1cc2cc(-c3cnccn3)ccc2cn1)C1CCC(N2CCCCC2)CC1. The summed E-state index contributed by atoms with van der Waals surface area (Å²) in [7, 11) is 0. The zero-order valence-corrected chi connectivity index (χ0v) is 18.0. The number of carbonyl (C=O) groups is 1. The third kappa shape index (κ3) is 4.67. The minimum absolute atomic E-state index is 0.199. The predicted molar refractivity (Wildman–Crippen MR) is 123 cm³/mol. The summed E-state index contributed by atoms with van der Waals surface area (Å²) in [6.45, 7) is 2.50. The van der Waals surface area contributed by atoms with Gasteiger partial charge in [0.1, 0.15) is 5.78 Å². The Bertz CT molecular complexity index is 1040. The average molecular weight is 415 g/mol. The molecule has 31 heavy (non-hydrogen) atoms. The molecule has 0 bridgehead atoms. The Morgan fingerprint density at radius 3 is 2.52 bits per heavy atom. The van der Waals surface area contributed by atoms with E-state index in [0.29, 0.717) is 18.2 Å². The Kier molecular flexibility index (Phi) is 6.03. The first-order valence-corrected chi connectivity index (χ1v) is 11.7. The van der Waals surface area contributed by atoms with Gasteiger partial charge >= 0.3 is 0 Å². The first-order valence-electron chi connectivity index (χ1n) is 11.7. The number of aromatic nitrogens is 3. The summed E-state index contributed by atoms with van der Waals surface area (Å²) in [5.74, 6) is 0.554. The molecule has 1 aliphatic heterocycles. The molecule has 3 aromatic rings. The van der Waals surface area contributed by atoms with Crippen molar-refractivity contribution in [2.45, 2.75) is 57.4 Å². The van der Waals surface area contributed by atoms with Crippen LogP contribution in [-0.2, 0) is 11.2 Å². The maximum Gasteiger partial charge on any atom is 0.141 e. The van der Waals surface area contributed by atoms with Crippen molar-refractivity contribution in [1.29, 1.82) is 0 Å². The van der Waals surface area contributed by atoms with Crippen molar-refractivity contribution in [3.63, 3.8) is 0 Å². The van der Waals surface area contributed by atoms with E-state index in [-0.39, 0.29) is 5.92 Å². The number of carbonyl (C=O) groups excluding carboxylic acids is 1. The van der Waals surface area contributed by atoms with Crippen molar-refractivity contribution in [3.05, 3.63) is 54.7 Å². The molecule has 1 aromatic carbocycles. The number of benzene rings is 1. The molecule has 0 atom stereocenters. The molecule has 1 saturated carbocycles. The van der Waals surface area contributed by atoms with Crippen molar-refractivity contribution < 1.29 is 4.79 Å². The highest BCUT2D eigenvalue weighted by Crippen LogP contribution is 2.31. The highest BCUT2D eigenvalue weighted by molar-refractivity contribution is 5.88. The van der Waals surface area contributed by atoms with Crippen LogP contribution in [0.2, 0.25) is 0 Å². The van der Waals surface area contributed by atoms with Crippen LogP contribution >= 0.6 is 0 Å². The van der Waals surface area contributed by atoms with Crippen molar-refractivity contribution in [1.82, 2.24) is 19.9 Å². The molecule has 160 valence electrons. The lowest BCUT2D eigenvalue weighted by Crippen LogP contribution is -2.42. The first-order chi connectivity index (χ1) is 15.3. The second-order valence-electron chi connectivity index (χ2n) is 9.07. The van der Waals surface area contributed by atoms with Crippen LogP contribution in [-0.4, -0.2) is 44.8 Å². The van der Waals surface area contributed by atoms with E-state index in [9.17, 15) is 4.79 Å². The van der Waals surface area contributed by atoms with Crippen LogP contribution in [0.25, 0.3) is 22.0 Å². The fraction of sp³-hybridized carbons (Fsp3) is 0.462. The Morgan fingerprint density at radius 2 is 1.74 bits per heavy atom. The van der Waals surface area contributed by atoms with E-state index in [1.54, 1.807) is 18.6 Å². The molecule has 0 spiro atoms. The topological polar surface area (TPSA) is 59.0 Å². The number of fused-ring (bicyclic) bond motifs is 1. The number of rotatable bonds is 5. The number of nitrogens with zero attached hydrogens (tertiary/aromatic N) is 4. The standard InChI is InChI=1S/C26H30N4O/c31-26(19-6-8-24(9-7-19)30-12-2-1-3-13-30)16-23-15-22-14-20(4-5-21(22)17-29-23)25-18-27-10-11-28-25/h4-5,10-11,14-15,17-19,24H,1-3,6-9,12-13,16H2. The Balaban J connectivity index is 1.24. The number of Topliss-reactive ketones (excluding diaryl/α,β-unsaturated/α-hetero) is 1. The van der Waals surface area contributed by atoms with Gasteiger partial charge in [0.05, 0.1) is 11.9 Å². The van der Waals surface area contributed by atoms with Gasteiger partial charge in [-0.2, -0.15) is 0 Å². The van der Waals surface area contributed by atoms with E-state index in [2.05, 4.69) is 38.1 Å². The molecule has 0 amide bonds. The summed E-state index contributed by atoms with van der Waals surface area (Å²) in [5.41, 5.74) is 2.75. The quantitative estimate of drug-likeness (QED) is 0.597. The number of hydrogen-bond donors (Lipinski definition) is 0. The minimum atomic E-state index is 0.199. The van der Waals surface area contributed by atoms with Crippen LogP contribution in [0.3, 0.4) is 0 Å². The predicted octanol–water partition coefficient (Wildman–Crippen LogP) is 4.85. The minimum Gasteiger partial charge on any atom is -0.300 e. The third-order valence-electron chi connectivity index (χ3n) is 7.05. The molecule has 0 N–H and O–H groups in total. The lowest BCUT2D eigenvalue weighted by Gasteiger charge is -2.38. The van der Waals surface area contributed by atoms with Gasteiger partial charge in [0, 0.05) is 53.6 Å². The van der Waals surface area contributed by atoms with E-state index >= 15 is 0 Å². The Morgan fingerprint density at radius 1 is 0.903 bits per heavy atom. The highest BCUT2D eigenvalue weighted by Gasteiger charge is 2.29. The van der Waals surface area contributed by atoms with Crippen LogP contribution < -0.4 is 0 Å². The molecule has 0 unspecified atom stereocenters. The van der Waals surface area contributed by atoms with Gasteiger partial charge in [0.15, 0.2) is 0 Å². The summed E-state index contributed by atoms with van der Waals surface area (Å²) in [6, 6.07) is 8.97. The monoisotopic (exact) mass is 414 g/mol. The van der Waals surface area contributed by atoms with Gasteiger partial charge in [-0.1, -0.05) is 18.6 Å². The summed E-state index contributed by atoms with van der Waals surface area (Å²) in [4.78, 5) is 28.8. The fourth-order valence-electron chi connectivity index (χ4n) is 5.26. The molecule has 5 rings (SSSR count). The van der Waals surface area contributed by atoms with Crippen molar-refractivity contribution in [2.24, 2.45) is 5.92 Å². The molecule has 1 saturated heterocycles. The molecular formula is C26H30N4O. The van der Waals surface area contributed by atoms with Crippen LogP contribution in [0.4, 0.5) is 0 Å². The third-order valence-corrected chi connectivity index (χ3v) is 7.05. The Labute approximate surface area is 183 Å². The van der Waals surface area contributed by atoms with Crippen LogP contribution in [0, 0.1) is 5.92 Å². The van der Waals surface area contributed by atoms with E-state index in [0.717, 1.165) is 40.6 Å². The van der Waals surface area contributed by atoms with Gasteiger partial charge in [-0.25, -0.2) is 0 Å². The molecular weight excluding hydrogens is 384 g/mol. The maximum atomic E-state index is 13.0. The summed E-state index contributed by atoms with van der Waals surface area (Å²) >= 11 is 0. The first kappa shape index (κ1) is 20.3. The second kappa shape index (κ2) is 9.23. The number of likely N-dealkylation sites (tertiary alicyclic amines) is 1. The molecule has 2 aliphatic rings. The lowest BCUT2D eigenvalue weighted by molar-refractivity contribution is -0.123. The lowest BCUT2D eigenvalue weighted by atomic mass is 9.81. The highest BCUT2D eigenvalue weighted by atomic mass is 16.1. The van der Waals surface area contributed by atoms with Crippen LogP contribution in [0.15, 0.2) is 49.1 Å². The van der Waals surface area contributed by atoms with Gasteiger partial charge in [-0.15, -0.1) is 0 Å². The van der Waals surface area contributed by atoms with Crippen molar-refractivity contribution >= 4 is 16.6 Å². The fourth-order valence-corrected chi connectivity index (χ4v) is 5.26. The van der Waals surface area contributed by atoms with Gasteiger partial charge in [-0.05, 0) is 69.1 Å². The summed E-state index contributed by atoms with van der Waals surface area (Å²) in [5, 5.41) is 2.17. The molecule has 2 aromatic heterocycles. The molecule has 1 aliphatic carbocycles. The molecule has 5 nitrogen and oxygen atoms in total. The Hall–Kier alpha value is -2.66. The van der Waals surface area contributed by atoms with Gasteiger partial charge in [0.25, 0.3) is 0 Å². The zero-order chi connectivity index (χ0) is 21.0. The summed E-state index contributed by atoms with van der Waals surface area (Å²) in [6.07, 6.45) is 15.9. The molecule has 5 heteroatoms. The number of ketones is 1. The number of hydrogen-bond acceptors (Lipinski definition) is 5.